The van der Waals surface area contributed by atoms with Crippen LogP contribution in [0.25, 0.3) is 0 Å². The second kappa shape index (κ2) is 7.96. The van der Waals surface area contributed by atoms with Gasteiger partial charge >= 0.3 is 6.18 Å². The number of nitrogens with zero attached hydrogens (tertiary/aromatic N) is 1. The van der Waals surface area contributed by atoms with E-state index in [-0.39, 0.29) is 19.5 Å². The highest BCUT2D eigenvalue weighted by molar-refractivity contribution is 5.84. The van der Waals surface area contributed by atoms with Crippen LogP contribution in [0.2, 0.25) is 0 Å². The van der Waals surface area contributed by atoms with Crippen molar-refractivity contribution >= 4 is 5.91 Å². The zero-order valence-corrected chi connectivity index (χ0v) is 14.8. The summed E-state index contributed by atoms with van der Waals surface area (Å²) >= 11 is 0. The Kier molecular flexibility index (Phi) is 5.87. The molecular formula is C19H26F3N3O. The molecule has 2 atom stereocenters. The van der Waals surface area contributed by atoms with Gasteiger partial charge in [0.2, 0.25) is 5.91 Å². The summed E-state index contributed by atoms with van der Waals surface area (Å²) in [6.45, 7) is 2.56. The van der Waals surface area contributed by atoms with Gasteiger partial charge in [0.05, 0.1) is 0 Å². The molecule has 4 nitrogen and oxygen atoms in total. The van der Waals surface area contributed by atoms with E-state index < -0.39 is 17.5 Å². The first-order valence-corrected chi connectivity index (χ1v) is 9.23. The van der Waals surface area contributed by atoms with E-state index in [4.69, 9.17) is 0 Å². The van der Waals surface area contributed by atoms with Gasteiger partial charge in [-0.15, -0.1) is 0 Å². The van der Waals surface area contributed by atoms with E-state index in [1.54, 1.807) is 4.90 Å². The first kappa shape index (κ1) is 19.2. The highest BCUT2D eigenvalue weighted by Crippen LogP contribution is 2.46. The van der Waals surface area contributed by atoms with E-state index >= 15 is 0 Å². The van der Waals surface area contributed by atoms with E-state index in [0.717, 1.165) is 31.5 Å². The van der Waals surface area contributed by atoms with Crippen LogP contribution in [-0.4, -0.2) is 49.7 Å². The van der Waals surface area contributed by atoms with Gasteiger partial charge in [-0.1, -0.05) is 30.3 Å². The van der Waals surface area contributed by atoms with Gasteiger partial charge in [0.25, 0.3) is 0 Å². The maximum atomic E-state index is 13.8. The molecule has 2 N–H and O–H groups in total. The van der Waals surface area contributed by atoms with Crippen LogP contribution in [0.3, 0.4) is 0 Å². The second-order valence-electron chi connectivity index (χ2n) is 7.43. The van der Waals surface area contributed by atoms with Crippen LogP contribution in [0.15, 0.2) is 30.3 Å². The van der Waals surface area contributed by atoms with Crippen molar-refractivity contribution in [2.24, 2.45) is 11.3 Å². The summed E-state index contributed by atoms with van der Waals surface area (Å²) in [5.41, 5.74) is -1.34. The van der Waals surface area contributed by atoms with Crippen molar-refractivity contribution < 1.29 is 18.0 Å². The monoisotopic (exact) mass is 369 g/mol. The summed E-state index contributed by atoms with van der Waals surface area (Å²) in [6, 6.07) is 9.40. The maximum absolute atomic E-state index is 13.8. The molecule has 0 aromatic heterocycles. The van der Waals surface area contributed by atoms with Crippen LogP contribution in [-0.2, 0) is 11.3 Å². The fraction of sp³-hybridized carbons (Fsp3) is 0.632. The third kappa shape index (κ3) is 4.20. The first-order valence-electron chi connectivity index (χ1n) is 9.23. The molecule has 0 aliphatic carbocycles. The van der Waals surface area contributed by atoms with E-state index in [1.165, 1.54) is 0 Å². The molecule has 26 heavy (non-hydrogen) atoms. The second-order valence-corrected chi connectivity index (χ2v) is 7.43. The summed E-state index contributed by atoms with van der Waals surface area (Å²) in [4.78, 5) is 14.2. The number of hydrogen-bond donors (Lipinski definition) is 2. The Balaban J connectivity index is 1.60. The smallest absolute Gasteiger partial charge is 0.355 e. The molecule has 2 fully saturated rings. The normalized spacial score (nSPS) is 27.0. The van der Waals surface area contributed by atoms with Crippen molar-refractivity contribution in [2.75, 3.05) is 32.7 Å². The molecule has 144 valence electrons. The summed E-state index contributed by atoms with van der Waals surface area (Å²) in [5, 5.41) is 5.80. The average molecular weight is 369 g/mol. The largest absolute Gasteiger partial charge is 0.404 e. The predicted molar refractivity (Wildman–Crippen MR) is 93.4 cm³/mol. The van der Waals surface area contributed by atoms with Gasteiger partial charge in [0.1, 0.15) is 0 Å². The molecule has 7 heteroatoms. The molecular weight excluding hydrogens is 343 g/mol. The van der Waals surface area contributed by atoms with E-state index in [9.17, 15) is 18.0 Å². The number of alkyl halides is 3. The molecule has 2 unspecified atom stereocenters. The third-order valence-electron chi connectivity index (χ3n) is 5.58. The number of benzene rings is 1. The minimum Gasteiger partial charge on any atom is -0.355 e. The minimum absolute atomic E-state index is 0.180. The SMILES string of the molecule is O=C(NCCC1CCNC1)C1(C(F)(F)F)CCN(Cc2ccccc2)C1. The Morgan fingerprint density at radius 2 is 2.08 bits per heavy atom. The molecule has 2 saturated heterocycles. The maximum Gasteiger partial charge on any atom is 0.404 e. The number of rotatable bonds is 6. The highest BCUT2D eigenvalue weighted by atomic mass is 19.4. The molecule has 2 aliphatic rings. The minimum atomic E-state index is -4.54. The average Bonchev–Trinajstić information content (AvgIpc) is 3.25. The van der Waals surface area contributed by atoms with Crippen LogP contribution in [0, 0.1) is 11.3 Å². The number of hydrogen-bond acceptors (Lipinski definition) is 3. The van der Waals surface area contributed by atoms with Gasteiger partial charge < -0.3 is 10.6 Å². The number of amides is 1. The van der Waals surface area contributed by atoms with E-state index in [2.05, 4.69) is 10.6 Å². The van der Waals surface area contributed by atoms with Gasteiger partial charge in [-0.25, -0.2) is 0 Å². The zero-order chi connectivity index (χ0) is 18.6. The lowest BCUT2D eigenvalue weighted by atomic mass is 9.85. The molecule has 0 radical (unpaired) electrons. The molecule has 0 saturated carbocycles. The van der Waals surface area contributed by atoms with Gasteiger partial charge in [-0.2, -0.15) is 13.2 Å². The Bertz CT molecular complexity index is 602. The number of carbonyl (C=O) groups is 1. The number of likely N-dealkylation sites (tertiary alicyclic amines) is 1. The van der Waals surface area contributed by atoms with Gasteiger partial charge in [-0.3, -0.25) is 9.69 Å². The number of nitrogens with one attached hydrogen (secondary N) is 2. The predicted octanol–water partition coefficient (Wildman–Crippen LogP) is 2.56. The molecule has 2 aliphatic heterocycles. The first-order chi connectivity index (χ1) is 12.4. The lowest BCUT2D eigenvalue weighted by Crippen LogP contribution is -2.52. The quantitative estimate of drug-likeness (QED) is 0.810. The Morgan fingerprint density at radius 1 is 1.31 bits per heavy atom. The number of halogens is 3. The molecule has 1 aromatic carbocycles. The fourth-order valence-corrected chi connectivity index (χ4v) is 3.93. The van der Waals surface area contributed by atoms with Gasteiger partial charge in [-0.05, 0) is 50.4 Å². The summed E-state index contributed by atoms with van der Waals surface area (Å²) in [6.07, 6.45) is -2.98. The molecule has 0 spiro atoms. The van der Waals surface area contributed by atoms with Crippen molar-refractivity contribution in [3.05, 3.63) is 35.9 Å². The molecule has 0 bridgehead atoms. The third-order valence-corrected chi connectivity index (χ3v) is 5.58. The molecule has 3 rings (SSSR count). The standard InChI is InChI=1S/C19H26F3N3O/c20-19(21,22)18(17(26)24-10-7-15-6-9-23-12-15)8-11-25(14-18)13-16-4-2-1-3-5-16/h1-5,15,23H,6-14H2,(H,24,26). The molecule has 1 amide bonds. The Labute approximate surface area is 152 Å². The lowest BCUT2D eigenvalue weighted by molar-refractivity contribution is -0.218. The van der Waals surface area contributed by atoms with Crippen LogP contribution < -0.4 is 10.6 Å². The van der Waals surface area contributed by atoms with E-state index in [1.807, 2.05) is 30.3 Å². The van der Waals surface area contributed by atoms with Crippen molar-refractivity contribution in [3.63, 3.8) is 0 Å². The molecule has 2 heterocycles. The highest BCUT2D eigenvalue weighted by Gasteiger charge is 2.62. The Hall–Kier alpha value is -1.60. The van der Waals surface area contributed by atoms with Crippen LogP contribution in [0.4, 0.5) is 13.2 Å². The summed E-state index contributed by atoms with van der Waals surface area (Å²) in [5.74, 6) is -0.429. The van der Waals surface area contributed by atoms with E-state index in [0.29, 0.717) is 19.0 Å². The Morgan fingerprint density at radius 3 is 2.73 bits per heavy atom. The van der Waals surface area contributed by atoms with Crippen molar-refractivity contribution in [3.8, 4) is 0 Å². The molecule has 1 aromatic rings. The van der Waals surface area contributed by atoms with Crippen LogP contribution in [0.5, 0.6) is 0 Å². The van der Waals surface area contributed by atoms with Crippen molar-refractivity contribution in [2.45, 2.75) is 32.0 Å². The van der Waals surface area contributed by atoms with Gasteiger partial charge in [0.15, 0.2) is 5.41 Å². The lowest BCUT2D eigenvalue weighted by Gasteiger charge is -2.30. The topological polar surface area (TPSA) is 44.4 Å². The van der Waals surface area contributed by atoms with Crippen molar-refractivity contribution in [1.29, 1.82) is 0 Å². The van der Waals surface area contributed by atoms with Crippen LogP contribution >= 0.6 is 0 Å². The van der Waals surface area contributed by atoms with Crippen LogP contribution in [0.1, 0.15) is 24.8 Å². The van der Waals surface area contributed by atoms with Gasteiger partial charge in [0, 0.05) is 19.6 Å². The zero-order valence-electron chi connectivity index (χ0n) is 14.8. The summed E-state index contributed by atoms with van der Waals surface area (Å²) < 4.78 is 41.4. The fourth-order valence-electron chi connectivity index (χ4n) is 3.93. The summed E-state index contributed by atoms with van der Waals surface area (Å²) in [7, 11) is 0. The van der Waals surface area contributed by atoms with Crippen molar-refractivity contribution in [1.82, 2.24) is 15.5 Å². The number of carbonyl (C=O) groups excluding carboxylic acids is 1.